The second kappa shape index (κ2) is 15.6. The van der Waals surface area contributed by atoms with Gasteiger partial charge in [0, 0.05) is 81.3 Å². The van der Waals surface area contributed by atoms with Gasteiger partial charge in [0.2, 0.25) is 0 Å². The van der Waals surface area contributed by atoms with Crippen LogP contribution in [0.25, 0.3) is 21.9 Å². The molecule has 5 aromatic rings. The Bertz CT molecular complexity index is 2300. The Balaban J connectivity index is 0.957. The number of carbonyl (C=O) groups is 2. The molecule has 2 fully saturated rings. The maximum absolute atomic E-state index is 13.8. The van der Waals surface area contributed by atoms with Crippen LogP contribution in [-0.2, 0) is 31.4 Å². The second-order valence-corrected chi connectivity index (χ2v) is 16.7. The van der Waals surface area contributed by atoms with Crippen molar-refractivity contribution in [3.05, 3.63) is 100 Å². The van der Waals surface area contributed by atoms with E-state index in [9.17, 15) is 19.8 Å². The van der Waals surface area contributed by atoms with Crippen LogP contribution in [0.5, 0.6) is 0 Å². The van der Waals surface area contributed by atoms with E-state index in [4.69, 9.17) is 21.6 Å². The molecular formula is C44H50ClN7O4. The topological polar surface area (TPSA) is 136 Å². The lowest BCUT2D eigenvalue weighted by Crippen LogP contribution is -2.36. The van der Waals surface area contributed by atoms with Crippen molar-refractivity contribution in [3.63, 3.8) is 0 Å². The fraction of sp³-hybridized carbons (Fsp3) is 0.409. The van der Waals surface area contributed by atoms with Crippen LogP contribution in [0.1, 0.15) is 72.2 Å². The molecule has 1 amide bonds. The average molecular weight is 776 g/mol. The number of benzene rings is 3. The van der Waals surface area contributed by atoms with Crippen molar-refractivity contribution in [2.75, 3.05) is 36.8 Å². The zero-order valence-electron chi connectivity index (χ0n) is 32.3. The lowest BCUT2D eigenvalue weighted by Gasteiger charge is -2.33. The number of fused-ring (bicyclic) bond motifs is 2. The average Bonchev–Trinajstić information content (AvgIpc) is 3.70. The van der Waals surface area contributed by atoms with Crippen molar-refractivity contribution < 1.29 is 19.8 Å². The first-order valence-electron chi connectivity index (χ1n) is 19.7. The molecule has 1 saturated carbocycles. The number of pyridine rings is 1. The number of hydrogen-bond acceptors (Lipinski definition) is 8. The molecule has 1 atom stereocenters. The summed E-state index contributed by atoms with van der Waals surface area (Å²) >= 11 is 7.08. The minimum Gasteiger partial charge on any atom is -0.481 e. The number of imidazole rings is 1. The van der Waals surface area contributed by atoms with E-state index in [0.29, 0.717) is 35.5 Å². The molecule has 2 aliphatic heterocycles. The van der Waals surface area contributed by atoms with Crippen LogP contribution >= 0.6 is 11.6 Å². The van der Waals surface area contributed by atoms with Crippen LogP contribution in [0, 0.1) is 18.8 Å². The van der Waals surface area contributed by atoms with Crippen LogP contribution < -0.4 is 10.6 Å². The largest absolute Gasteiger partial charge is 0.481 e. The highest BCUT2D eigenvalue weighted by atomic mass is 35.5. The molecule has 8 rings (SSSR count). The van der Waals surface area contributed by atoms with Crippen LogP contribution in [0.3, 0.4) is 0 Å². The van der Waals surface area contributed by atoms with Gasteiger partial charge in [-0.2, -0.15) is 0 Å². The number of nitrogens with one attached hydrogen (secondary N) is 2. The smallest absolute Gasteiger partial charge is 0.306 e. The van der Waals surface area contributed by atoms with Crippen LogP contribution in [0.15, 0.2) is 66.9 Å². The number of carboxylic acid groups (broad SMARTS) is 1. The monoisotopic (exact) mass is 775 g/mol. The number of amides is 1. The highest BCUT2D eigenvalue weighted by Gasteiger charge is 2.32. The Hall–Kier alpha value is -4.81. The van der Waals surface area contributed by atoms with Gasteiger partial charge >= 0.3 is 5.97 Å². The fourth-order valence-electron chi connectivity index (χ4n) is 8.96. The third-order valence-corrected chi connectivity index (χ3v) is 12.5. The molecule has 4 N–H and O–H groups in total. The third kappa shape index (κ3) is 7.91. The van der Waals surface area contributed by atoms with E-state index < -0.39 is 11.6 Å². The number of carboxylic acids is 1. The summed E-state index contributed by atoms with van der Waals surface area (Å²) in [7, 11) is 1.90. The zero-order chi connectivity index (χ0) is 39.1. The molecule has 1 saturated heterocycles. The summed E-state index contributed by atoms with van der Waals surface area (Å²) in [6, 6.07) is 20.2. The van der Waals surface area contributed by atoms with Crippen molar-refractivity contribution in [1.29, 1.82) is 0 Å². The van der Waals surface area contributed by atoms with Gasteiger partial charge in [0.25, 0.3) is 5.91 Å². The SMILES string of the molecule is Cc1c(Nc2nccc3cc(CN4CC[C@](C)(O)C4)ccc23)cccc1-c1cccc(NC(=O)c2nc3c(n2C)CCN(CC2CCC(C(=O)O)CC2)C3)c1Cl. The van der Waals surface area contributed by atoms with Crippen LogP contribution in [-0.4, -0.2) is 78.2 Å². The van der Waals surface area contributed by atoms with Gasteiger partial charge in [0.1, 0.15) is 5.82 Å². The van der Waals surface area contributed by atoms with Crippen molar-refractivity contribution in [2.24, 2.45) is 18.9 Å². The van der Waals surface area contributed by atoms with E-state index in [2.05, 4.69) is 45.6 Å². The number of rotatable bonds is 10. The van der Waals surface area contributed by atoms with Gasteiger partial charge in [-0.3, -0.25) is 19.4 Å². The van der Waals surface area contributed by atoms with Gasteiger partial charge in [0.15, 0.2) is 5.82 Å². The molecule has 3 aromatic carbocycles. The molecule has 0 bridgehead atoms. The number of hydrogen-bond donors (Lipinski definition) is 4. The molecule has 0 radical (unpaired) electrons. The number of β-amino-alcohol motifs (C(OH)–C–C–N with tert-alkyl or cyclic N) is 1. The lowest BCUT2D eigenvalue weighted by atomic mass is 9.81. The number of aliphatic hydroxyl groups is 1. The van der Waals surface area contributed by atoms with Crippen molar-refractivity contribution >= 4 is 51.4 Å². The van der Waals surface area contributed by atoms with Crippen LogP contribution in [0.4, 0.5) is 17.2 Å². The first-order valence-corrected chi connectivity index (χ1v) is 20.1. The molecule has 0 unspecified atom stereocenters. The van der Waals surface area contributed by atoms with E-state index >= 15 is 0 Å². The standard InChI is InChI=1S/C44H50ClN7O4/c1-27-32(6-4-8-35(27)47-40-33-15-12-29(22-31(33)16-19-46-40)24-52-21-18-44(2,56)26-52)34-7-5-9-36(39(34)45)49-42(53)41-48-37-25-51(20-17-38(37)50(41)3)23-28-10-13-30(14-11-28)43(54)55/h4-9,12,15-16,19,22,28,30,56H,10-11,13-14,17-18,20-21,23-26H2,1-3H3,(H,46,47)(H,49,53)(H,54,55)/t28?,30?,44-/m0/s1. The summed E-state index contributed by atoms with van der Waals surface area (Å²) in [5.74, 6) is 0.394. The molecule has 11 nitrogen and oxygen atoms in total. The summed E-state index contributed by atoms with van der Waals surface area (Å²) in [4.78, 5) is 39.4. The minimum atomic E-state index is -0.675. The summed E-state index contributed by atoms with van der Waals surface area (Å²) in [6.45, 7) is 8.79. The highest BCUT2D eigenvalue weighted by molar-refractivity contribution is 6.36. The minimum absolute atomic E-state index is 0.212. The number of aliphatic carboxylic acids is 1. The predicted molar refractivity (Wildman–Crippen MR) is 220 cm³/mol. The second-order valence-electron chi connectivity index (χ2n) is 16.3. The normalized spacial score (nSPS) is 21.6. The molecule has 12 heteroatoms. The number of carbonyl (C=O) groups excluding carboxylic acids is 1. The fourth-order valence-corrected chi connectivity index (χ4v) is 9.24. The number of likely N-dealkylation sites (tertiary alicyclic amines) is 1. The third-order valence-electron chi connectivity index (χ3n) is 12.1. The van der Waals surface area contributed by atoms with Gasteiger partial charge in [-0.1, -0.05) is 48.0 Å². The Morgan fingerprint density at radius 2 is 1.75 bits per heavy atom. The molecule has 56 heavy (non-hydrogen) atoms. The van der Waals surface area contributed by atoms with E-state index in [1.54, 1.807) is 0 Å². The number of nitrogens with zero attached hydrogens (tertiary/aromatic N) is 5. The molecule has 1 aliphatic carbocycles. The molecule has 3 aliphatic rings. The summed E-state index contributed by atoms with van der Waals surface area (Å²) < 4.78 is 1.90. The number of anilines is 3. The molecular weight excluding hydrogens is 726 g/mol. The van der Waals surface area contributed by atoms with Gasteiger partial charge in [-0.05, 0) is 98.2 Å². The number of halogens is 1. The maximum atomic E-state index is 13.8. The molecule has 292 valence electrons. The van der Waals surface area contributed by atoms with Crippen LogP contribution in [0.2, 0.25) is 5.02 Å². The van der Waals surface area contributed by atoms with Gasteiger partial charge in [-0.25, -0.2) is 9.97 Å². The Morgan fingerprint density at radius 1 is 0.982 bits per heavy atom. The van der Waals surface area contributed by atoms with Crippen molar-refractivity contribution in [1.82, 2.24) is 24.3 Å². The van der Waals surface area contributed by atoms with Gasteiger partial charge in [-0.15, -0.1) is 0 Å². The predicted octanol–water partition coefficient (Wildman–Crippen LogP) is 7.80. The van der Waals surface area contributed by atoms with E-state index in [1.165, 1.54) is 5.56 Å². The van der Waals surface area contributed by atoms with Crippen molar-refractivity contribution in [2.45, 2.75) is 71.1 Å². The van der Waals surface area contributed by atoms with E-state index in [1.807, 2.05) is 67.2 Å². The summed E-state index contributed by atoms with van der Waals surface area (Å²) in [6.07, 6.45) is 6.77. The molecule has 2 aromatic heterocycles. The van der Waals surface area contributed by atoms with Crippen molar-refractivity contribution in [3.8, 4) is 11.1 Å². The first kappa shape index (κ1) is 38.1. The van der Waals surface area contributed by atoms with Gasteiger partial charge < -0.3 is 25.4 Å². The number of aromatic nitrogens is 3. The quantitative estimate of drug-likeness (QED) is 0.112. The zero-order valence-corrected chi connectivity index (χ0v) is 33.1. The Morgan fingerprint density at radius 3 is 2.50 bits per heavy atom. The lowest BCUT2D eigenvalue weighted by molar-refractivity contribution is -0.143. The summed E-state index contributed by atoms with van der Waals surface area (Å²) in [5, 5.41) is 28.9. The van der Waals surface area contributed by atoms with E-state index in [-0.39, 0.29) is 11.8 Å². The molecule has 4 heterocycles. The summed E-state index contributed by atoms with van der Waals surface area (Å²) in [5.41, 5.74) is 6.70. The maximum Gasteiger partial charge on any atom is 0.306 e. The molecule has 0 spiro atoms. The van der Waals surface area contributed by atoms with Gasteiger partial charge in [0.05, 0.1) is 27.9 Å². The Kier molecular flexibility index (Phi) is 10.6. The first-order chi connectivity index (χ1) is 26.9. The highest BCUT2D eigenvalue weighted by Crippen LogP contribution is 2.39. The Labute approximate surface area is 332 Å². The van der Waals surface area contributed by atoms with E-state index in [0.717, 1.165) is 115 Å².